The van der Waals surface area contributed by atoms with Gasteiger partial charge in [-0.3, -0.25) is 9.89 Å². The van der Waals surface area contributed by atoms with Crippen LogP contribution in [0.3, 0.4) is 0 Å². The van der Waals surface area contributed by atoms with Gasteiger partial charge in [-0.2, -0.15) is 5.10 Å². The van der Waals surface area contributed by atoms with Crippen molar-refractivity contribution in [3.05, 3.63) is 41.0 Å². The number of hydrogen-bond donors (Lipinski definition) is 2. The first kappa shape index (κ1) is 14.7. The number of amides is 1. The van der Waals surface area contributed by atoms with Gasteiger partial charge in [-0.05, 0) is 36.8 Å². The molecule has 1 saturated carbocycles. The second kappa shape index (κ2) is 5.65. The zero-order chi connectivity index (χ0) is 16.0. The van der Waals surface area contributed by atoms with E-state index in [4.69, 9.17) is 17.3 Å². The average Bonchev–Trinajstić information content (AvgIpc) is 3.24. The van der Waals surface area contributed by atoms with Crippen molar-refractivity contribution in [1.82, 2.24) is 15.1 Å². The van der Waals surface area contributed by atoms with E-state index >= 15 is 0 Å². The van der Waals surface area contributed by atoms with E-state index in [1.165, 1.54) is 0 Å². The number of nitrogens with two attached hydrogens (primary N) is 1. The van der Waals surface area contributed by atoms with Crippen molar-refractivity contribution in [2.75, 3.05) is 13.1 Å². The van der Waals surface area contributed by atoms with Crippen LogP contribution in [-0.2, 0) is 0 Å². The minimum absolute atomic E-state index is 0.0234. The van der Waals surface area contributed by atoms with Gasteiger partial charge in [0.2, 0.25) is 0 Å². The van der Waals surface area contributed by atoms with Crippen LogP contribution in [0, 0.1) is 11.8 Å². The van der Waals surface area contributed by atoms with E-state index < -0.39 is 0 Å². The minimum Gasteiger partial charge on any atom is -0.338 e. The highest BCUT2D eigenvalue weighted by atomic mass is 35.5. The van der Waals surface area contributed by atoms with Gasteiger partial charge in [-0.15, -0.1) is 0 Å². The van der Waals surface area contributed by atoms with Crippen molar-refractivity contribution in [3.63, 3.8) is 0 Å². The Kier molecular flexibility index (Phi) is 3.62. The lowest BCUT2D eigenvalue weighted by Crippen LogP contribution is -2.33. The van der Waals surface area contributed by atoms with Crippen LogP contribution in [0.5, 0.6) is 0 Å². The number of likely N-dealkylation sites (tertiary alicyclic amines) is 1. The quantitative estimate of drug-likeness (QED) is 0.888. The molecule has 0 spiro atoms. The van der Waals surface area contributed by atoms with Crippen molar-refractivity contribution in [2.45, 2.75) is 18.9 Å². The molecule has 4 rings (SSSR count). The van der Waals surface area contributed by atoms with Crippen LogP contribution < -0.4 is 5.73 Å². The lowest BCUT2D eigenvalue weighted by atomic mass is 9.98. The van der Waals surface area contributed by atoms with E-state index in [1.54, 1.807) is 6.20 Å². The number of carbonyl (C=O) groups is 1. The number of nitrogens with one attached hydrogen (secondary N) is 1. The predicted molar refractivity (Wildman–Crippen MR) is 89.1 cm³/mol. The van der Waals surface area contributed by atoms with Gasteiger partial charge in [0.05, 0.1) is 17.5 Å². The summed E-state index contributed by atoms with van der Waals surface area (Å²) in [7, 11) is 0. The van der Waals surface area contributed by atoms with Crippen LogP contribution >= 0.6 is 11.6 Å². The second-order valence-electron chi connectivity index (χ2n) is 6.54. The Morgan fingerprint density at radius 1 is 1.35 bits per heavy atom. The molecule has 120 valence electrons. The second-order valence-corrected chi connectivity index (χ2v) is 6.98. The number of carbonyl (C=O) groups excluding carboxylic acids is 1. The lowest BCUT2D eigenvalue weighted by molar-refractivity contribution is 0.0780. The highest BCUT2D eigenvalue weighted by Gasteiger charge is 2.43. The number of benzene rings is 1. The molecule has 1 amide bonds. The highest BCUT2D eigenvalue weighted by Crippen LogP contribution is 2.38. The molecule has 3 unspecified atom stereocenters. The molecular weight excluding hydrogens is 312 g/mol. The summed E-state index contributed by atoms with van der Waals surface area (Å²) in [6, 6.07) is 7.66. The number of rotatable bonds is 2. The van der Waals surface area contributed by atoms with Gasteiger partial charge in [0, 0.05) is 29.7 Å². The van der Waals surface area contributed by atoms with Crippen molar-refractivity contribution < 1.29 is 4.79 Å². The first-order valence-electron chi connectivity index (χ1n) is 7.97. The van der Waals surface area contributed by atoms with Gasteiger partial charge >= 0.3 is 0 Å². The highest BCUT2D eigenvalue weighted by molar-refractivity contribution is 6.30. The molecule has 2 heterocycles. The minimum atomic E-state index is 0.0234. The Morgan fingerprint density at radius 2 is 2.22 bits per heavy atom. The summed E-state index contributed by atoms with van der Waals surface area (Å²) < 4.78 is 0. The molecule has 3 N–H and O–H groups in total. The molecule has 1 aliphatic carbocycles. The van der Waals surface area contributed by atoms with Crippen LogP contribution in [0.1, 0.15) is 23.2 Å². The molecule has 1 aromatic carbocycles. The maximum absolute atomic E-state index is 12.9. The molecule has 2 fully saturated rings. The summed E-state index contributed by atoms with van der Waals surface area (Å²) in [6.07, 6.45) is 3.81. The molecule has 1 aromatic heterocycles. The molecule has 23 heavy (non-hydrogen) atoms. The third-order valence-electron chi connectivity index (χ3n) is 5.18. The average molecular weight is 331 g/mol. The van der Waals surface area contributed by atoms with E-state index in [0.717, 1.165) is 37.2 Å². The predicted octanol–water partition coefficient (Wildman–Crippen LogP) is 2.54. The third kappa shape index (κ3) is 2.54. The van der Waals surface area contributed by atoms with Crippen LogP contribution in [0.4, 0.5) is 0 Å². The Morgan fingerprint density at radius 3 is 3.00 bits per heavy atom. The summed E-state index contributed by atoms with van der Waals surface area (Å²) in [5.41, 5.74) is 8.36. The van der Waals surface area contributed by atoms with E-state index in [0.29, 0.717) is 22.4 Å². The van der Waals surface area contributed by atoms with Gasteiger partial charge in [0.1, 0.15) is 0 Å². The molecule has 6 heteroatoms. The normalized spacial score (nSPS) is 26.5. The van der Waals surface area contributed by atoms with E-state index in [2.05, 4.69) is 10.2 Å². The van der Waals surface area contributed by atoms with Gasteiger partial charge in [-0.1, -0.05) is 23.7 Å². The van der Waals surface area contributed by atoms with Crippen molar-refractivity contribution in [1.29, 1.82) is 0 Å². The van der Waals surface area contributed by atoms with E-state index in [1.807, 2.05) is 29.2 Å². The van der Waals surface area contributed by atoms with E-state index in [-0.39, 0.29) is 11.9 Å². The molecule has 1 aliphatic heterocycles. The van der Waals surface area contributed by atoms with Crippen molar-refractivity contribution in [3.8, 4) is 11.3 Å². The first-order chi connectivity index (χ1) is 11.1. The topological polar surface area (TPSA) is 75.0 Å². The van der Waals surface area contributed by atoms with Crippen LogP contribution in [0.15, 0.2) is 30.5 Å². The molecule has 3 atom stereocenters. The molecule has 1 saturated heterocycles. The number of hydrogen-bond acceptors (Lipinski definition) is 3. The molecule has 2 aromatic rings. The number of aromatic nitrogens is 2. The maximum Gasteiger partial charge on any atom is 0.257 e. The lowest BCUT2D eigenvalue weighted by Gasteiger charge is -2.18. The zero-order valence-corrected chi connectivity index (χ0v) is 13.5. The number of nitrogens with zero attached hydrogens (tertiary/aromatic N) is 2. The van der Waals surface area contributed by atoms with Gasteiger partial charge in [-0.25, -0.2) is 0 Å². The van der Waals surface area contributed by atoms with Gasteiger partial charge in [0.15, 0.2) is 0 Å². The van der Waals surface area contributed by atoms with Crippen molar-refractivity contribution >= 4 is 17.5 Å². The number of fused-ring (bicyclic) bond motifs is 1. The molecule has 5 nitrogen and oxygen atoms in total. The Hall–Kier alpha value is -1.85. The molecule has 2 aliphatic rings. The Balaban J connectivity index is 1.60. The molecular formula is C17H19ClN4O. The summed E-state index contributed by atoms with van der Waals surface area (Å²) in [6.45, 7) is 1.56. The smallest absolute Gasteiger partial charge is 0.257 e. The summed E-state index contributed by atoms with van der Waals surface area (Å²) >= 11 is 6.06. The van der Waals surface area contributed by atoms with Crippen molar-refractivity contribution in [2.24, 2.45) is 17.6 Å². The van der Waals surface area contributed by atoms with Crippen LogP contribution in [0.2, 0.25) is 5.02 Å². The number of aromatic amines is 1. The SMILES string of the molecule is NC1CCC2CN(C(=O)c3cn[nH]c3-c3cccc(Cl)c3)CC12. The van der Waals surface area contributed by atoms with Crippen LogP contribution in [-0.4, -0.2) is 40.1 Å². The van der Waals surface area contributed by atoms with Gasteiger partial charge in [0.25, 0.3) is 5.91 Å². The molecule has 0 bridgehead atoms. The Labute approximate surface area is 139 Å². The first-order valence-corrected chi connectivity index (χ1v) is 8.35. The summed E-state index contributed by atoms with van der Waals surface area (Å²) in [4.78, 5) is 14.8. The fraction of sp³-hybridized carbons (Fsp3) is 0.412. The monoisotopic (exact) mass is 330 g/mol. The molecule has 0 radical (unpaired) electrons. The maximum atomic E-state index is 12.9. The van der Waals surface area contributed by atoms with E-state index in [9.17, 15) is 4.79 Å². The third-order valence-corrected chi connectivity index (χ3v) is 5.42. The van der Waals surface area contributed by atoms with Crippen LogP contribution in [0.25, 0.3) is 11.3 Å². The number of halogens is 1. The zero-order valence-electron chi connectivity index (χ0n) is 12.7. The Bertz CT molecular complexity index is 744. The number of H-pyrrole nitrogens is 1. The fourth-order valence-corrected chi connectivity index (χ4v) is 4.15. The standard InChI is InChI=1S/C17H19ClN4O/c18-12-3-1-2-10(6-12)16-13(7-20-21-16)17(23)22-8-11-4-5-15(19)14(11)9-22/h1-3,6-7,11,14-15H,4-5,8-9,19H2,(H,20,21). The largest absolute Gasteiger partial charge is 0.338 e. The summed E-state index contributed by atoms with van der Waals surface area (Å²) in [5, 5.41) is 7.64. The summed E-state index contributed by atoms with van der Waals surface area (Å²) in [5.74, 6) is 1.02. The van der Waals surface area contributed by atoms with Gasteiger partial charge < -0.3 is 10.6 Å². The fourth-order valence-electron chi connectivity index (χ4n) is 3.96.